The van der Waals surface area contributed by atoms with Gasteiger partial charge in [-0.3, -0.25) is 4.52 Å². The molecule has 0 radical (unpaired) electrons. The summed E-state index contributed by atoms with van der Waals surface area (Å²) in [5.74, 6) is 0. The maximum atomic E-state index is 10.4. The van der Waals surface area contributed by atoms with Gasteiger partial charge in [0, 0.05) is 0 Å². The summed E-state index contributed by atoms with van der Waals surface area (Å²) in [7, 11) is -4.73. The Bertz CT molecular complexity index is 471. The second-order valence-electron chi connectivity index (χ2n) is 6.27. The standard InChI is InChI=1S/C6H13O9P.C6H12O6/c7-3-2(1-14-16(11,12)13)15-6(10)5(9)4(3)8;7-1-2(8)4(10)6(12)5(11)3(1)9/h2-10H,1H2,(H2,11,12,13);1-12H/t2-,3-,4+,5-,6+;1-,2-,3-,4+,5-,6-/m1./s1. The summed E-state index contributed by atoms with van der Waals surface area (Å²) in [6.07, 6.45) is -17.9. The Morgan fingerprint density at radius 3 is 1.25 bits per heavy atom. The molecule has 5 atom stereocenters. The lowest BCUT2D eigenvalue weighted by atomic mass is 9.85. The molecule has 1 saturated heterocycles. The highest BCUT2D eigenvalue weighted by Crippen LogP contribution is 2.36. The highest BCUT2D eigenvalue weighted by atomic mass is 31.2. The van der Waals surface area contributed by atoms with Crippen molar-refractivity contribution in [1.29, 1.82) is 0 Å². The molecule has 15 nitrogen and oxygen atoms in total. The SMILES string of the molecule is O=P(O)(O)OC[C@H]1O[C@H](O)[C@H](O)[C@@H](O)[C@@H]1O.O[C@H]1[C@H](O)[C@@H](O)[C@H](O)[C@@H](O)[C@H]1O. The number of aliphatic hydroxyl groups excluding tert-OH is 10. The van der Waals surface area contributed by atoms with Gasteiger partial charge in [-0.05, 0) is 0 Å². The van der Waals surface area contributed by atoms with Gasteiger partial charge in [-0.2, -0.15) is 0 Å². The van der Waals surface area contributed by atoms with E-state index < -0.39 is 81.8 Å². The minimum absolute atomic E-state index is 0.730. The summed E-state index contributed by atoms with van der Waals surface area (Å²) >= 11 is 0. The number of ether oxygens (including phenoxy) is 1. The van der Waals surface area contributed by atoms with Crippen molar-refractivity contribution in [3.05, 3.63) is 0 Å². The molecule has 28 heavy (non-hydrogen) atoms. The molecule has 168 valence electrons. The van der Waals surface area contributed by atoms with E-state index in [1.165, 1.54) is 0 Å². The normalized spacial score (nSPS) is 47.2. The minimum Gasteiger partial charge on any atom is -0.387 e. The summed E-state index contributed by atoms with van der Waals surface area (Å²) in [6.45, 7) is -0.730. The largest absolute Gasteiger partial charge is 0.469 e. The summed E-state index contributed by atoms with van der Waals surface area (Å²) < 4.78 is 19.0. The fourth-order valence-corrected chi connectivity index (χ4v) is 2.79. The lowest BCUT2D eigenvalue weighted by molar-refractivity contribution is -0.285. The Morgan fingerprint density at radius 1 is 0.607 bits per heavy atom. The van der Waals surface area contributed by atoms with Crippen molar-refractivity contribution < 1.29 is 74.7 Å². The first-order valence-corrected chi connectivity index (χ1v) is 9.38. The molecule has 12 N–H and O–H groups in total. The molecule has 0 aromatic rings. The van der Waals surface area contributed by atoms with Crippen LogP contribution in [0.2, 0.25) is 0 Å². The van der Waals surface area contributed by atoms with Crippen molar-refractivity contribution >= 4 is 7.82 Å². The van der Waals surface area contributed by atoms with Crippen LogP contribution >= 0.6 is 7.82 Å². The van der Waals surface area contributed by atoms with Crippen molar-refractivity contribution in [2.75, 3.05) is 6.61 Å². The molecule has 0 bridgehead atoms. The van der Waals surface area contributed by atoms with E-state index in [9.17, 15) is 14.8 Å². The van der Waals surface area contributed by atoms with Crippen LogP contribution in [-0.2, 0) is 13.8 Å². The van der Waals surface area contributed by atoms with Gasteiger partial charge in [0.2, 0.25) is 0 Å². The second-order valence-corrected chi connectivity index (χ2v) is 7.51. The number of aliphatic hydroxyl groups is 10. The van der Waals surface area contributed by atoms with Crippen LogP contribution in [0.4, 0.5) is 0 Å². The van der Waals surface area contributed by atoms with E-state index in [1.54, 1.807) is 0 Å². The molecule has 1 heterocycles. The van der Waals surface area contributed by atoms with Crippen LogP contribution in [0.1, 0.15) is 0 Å². The third-order valence-electron chi connectivity index (χ3n) is 4.19. The third-order valence-corrected chi connectivity index (χ3v) is 4.68. The summed E-state index contributed by atoms with van der Waals surface area (Å²) in [5.41, 5.74) is 0. The molecule has 0 aromatic carbocycles. The first-order chi connectivity index (χ1) is 12.7. The van der Waals surface area contributed by atoms with Crippen LogP contribution in [0.3, 0.4) is 0 Å². The zero-order valence-corrected chi connectivity index (χ0v) is 15.0. The number of hydrogen-bond acceptors (Lipinski definition) is 13. The quantitative estimate of drug-likeness (QED) is 0.182. The molecule has 0 aromatic heterocycles. The monoisotopic (exact) mass is 440 g/mol. The fraction of sp³-hybridized carbons (Fsp3) is 1.00. The topological polar surface area (TPSA) is 278 Å². The Hall–Kier alpha value is -0.330. The lowest BCUT2D eigenvalue weighted by Gasteiger charge is -2.39. The molecule has 2 aliphatic rings. The van der Waals surface area contributed by atoms with Crippen molar-refractivity contribution in [1.82, 2.24) is 0 Å². The number of phosphoric ester groups is 1. The third kappa shape index (κ3) is 6.33. The first-order valence-electron chi connectivity index (χ1n) is 7.85. The molecule has 2 rings (SSSR count). The maximum Gasteiger partial charge on any atom is 0.469 e. The highest BCUT2D eigenvalue weighted by molar-refractivity contribution is 7.46. The van der Waals surface area contributed by atoms with E-state index >= 15 is 0 Å². The zero-order chi connectivity index (χ0) is 22.0. The molecular formula is C12H25O15P. The van der Waals surface area contributed by atoms with Gasteiger partial charge in [-0.15, -0.1) is 0 Å². The molecule has 0 spiro atoms. The molecule has 2 fully saturated rings. The number of hydrogen-bond donors (Lipinski definition) is 12. The van der Waals surface area contributed by atoms with E-state index in [4.69, 9.17) is 50.6 Å². The van der Waals surface area contributed by atoms with Crippen molar-refractivity contribution in [3.63, 3.8) is 0 Å². The summed E-state index contributed by atoms with van der Waals surface area (Å²) in [5, 5.41) is 90.6. The van der Waals surface area contributed by atoms with Gasteiger partial charge in [-0.25, -0.2) is 4.57 Å². The summed E-state index contributed by atoms with van der Waals surface area (Å²) in [4.78, 5) is 16.8. The molecule has 1 saturated carbocycles. The van der Waals surface area contributed by atoms with Crippen LogP contribution in [0.25, 0.3) is 0 Å². The number of rotatable bonds is 3. The van der Waals surface area contributed by atoms with Crippen LogP contribution in [-0.4, -0.2) is 135 Å². The number of phosphoric acid groups is 1. The van der Waals surface area contributed by atoms with Gasteiger partial charge in [0.05, 0.1) is 6.61 Å². The predicted octanol–water partition coefficient (Wildman–Crippen LogP) is -6.94. The van der Waals surface area contributed by atoms with E-state index in [1.807, 2.05) is 0 Å². The smallest absolute Gasteiger partial charge is 0.387 e. The molecule has 16 heteroatoms. The Balaban J connectivity index is 0.000000292. The molecule has 0 amide bonds. The van der Waals surface area contributed by atoms with Crippen LogP contribution in [0.15, 0.2) is 0 Å². The molecule has 1 aliphatic carbocycles. The van der Waals surface area contributed by atoms with Crippen LogP contribution in [0.5, 0.6) is 0 Å². The van der Waals surface area contributed by atoms with Crippen molar-refractivity contribution in [3.8, 4) is 0 Å². The van der Waals surface area contributed by atoms with Crippen LogP contribution in [0, 0.1) is 0 Å². The van der Waals surface area contributed by atoms with Gasteiger partial charge in [0.1, 0.15) is 61.0 Å². The van der Waals surface area contributed by atoms with E-state index in [0.29, 0.717) is 0 Å². The summed E-state index contributed by atoms with van der Waals surface area (Å²) in [6, 6.07) is 0. The highest BCUT2D eigenvalue weighted by Gasteiger charge is 2.47. The molecule has 1 aliphatic heterocycles. The average molecular weight is 440 g/mol. The van der Waals surface area contributed by atoms with Gasteiger partial charge in [0.15, 0.2) is 6.29 Å². The van der Waals surface area contributed by atoms with E-state index in [0.717, 1.165) is 0 Å². The molecule has 0 unspecified atom stereocenters. The Kier molecular flexibility index (Phi) is 9.29. The zero-order valence-electron chi connectivity index (χ0n) is 14.1. The Labute approximate surface area is 157 Å². The predicted molar refractivity (Wildman–Crippen MR) is 82.9 cm³/mol. The minimum atomic E-state index is -4.73. The maximum absolute atomic E-state index is 10.4. The lowest BCUT2D eigenvalue weighted by Crippen LogP contribution is -2.63. The van der Waals surface area contributed by atoms with Gasteiger partial charge in [0.25, 0.3) is 0 Å². The van der Waals surface area contributed by atoms with Gasteiger partial charge in [-0.1, -0.05) is 0 Å². The van der Waals surface area contributed by atoms with Gasteiger partial charge < -0.3 is 65.6 Å². The Morgan fingerprint density at radius 2 is 0.929 bits per heavy atom. The van der Waals surface area contributed by atoms with E-state index in [2.05, 4.69) is 9.26 Å². The second kappa shape index (κ2) is 10.1. The van der Waals surface area contributed by atoms with Crippen LogP contribution < -0.4 is 0 Å². The first kappa shape index (κ1) is 25.7. The fourth-order valence-electron chi connectivity index (χ4n) is 2.45. The van der Waals surface area contributed by atoms with E-state index in [-0.39, 0.29) is 0 Å². The van der Waals surface area contributed by atoms with Crippen molar-refractivity contribution in [2.24, 2.45) is 0 Å². The molecular weight excluding hydrogens is 415 g/mol. The average Bonchev–Trinajstić information content (AvgIpc) is 2.63. The van der Waals surface area contributed by atoms with Gasteiger partial charge >= 0.3 is 7.82 Å². The van der Waals surface area contributed by atoms with Crippen molar-refractivity contribution in [2.45, 2.75) is 67.3 Å².